The minimum absolute atomic E-state index is 0.208. The van der Waals surface area contributed by atoms with Crippen LogP contribution in [0.5, 0.6) is 11.5 Å². The Morgan fingerprint density at radius 1 is 1.11 bits per heavy atom. The first-order chi connectivity index (χ1) is 13.5. The molecule has 28 heavy (non-hydrogen) atoms. The van der Waals surface area contributed by atoms with Crippen molar-refractivity contribution in [2.24, 2.45) is 0 Å². The Bertz CT molecular complexity index is 1070. The number of hydrogen-bond acceptors (Lipinski definition) is 5. The van der Waals surface area contributed by atoms with Gasteiger partial charge in [0.15, 0.2) is 11.5 Å². The maximum atomic E-state index is 13.8. The Balaban J connectivity index is 1.74. The highest BCUT2D eigenvalue weighted by Crippen LogP contribution is 2.29. The first-order valence-electron chi connectivity index (χ1n) is 8.35. The van der Waals surface area contributed by atoms with Crippen LogP contribution in [0, 0.1) is 5.82 Å². The maximum Gasteiger partial charge on any atom is 0.254 e. The summed E-state index contributed by atoms with van der Waals surface area (Å²) in [5.41, 5.74) is 0.462. The maximum absolute atomic E-state index is 13.8. The van der Waals surface area contributed by atoms with Gasteiger partial charge in [-0.2, -0.15) is 0 Å². The molecule has 0 saturated carbocycles. The van der Waals surface area contributed by atoms with Crippen molar-refractivity contribution in [1.29, 1.82) is 0 Å². The molecular formula is C20H18FN3O4. The Morgan fingerprint density at radius 2 is 1.86 bits per heavy atom. The first kappa shape index (κ1) is 19.1. The molecule has 0 bridgehead atoms. The van der Waals surface area contributed by atoms with Crippen molar-refractivity contribution in [3.05, 3.63) is 71.0 Å². The number of halogens is 1. The molecule has 0 fully saturated rings. The zero-order valence-corrected chi connectivity index (χ0v) is 15.3. The number of carbonyl (C=O) groups excluding carboxylic acids is 1. The van der Waals surface area contributed by atoms with E-state index in [2.05, 4.69) is 10.3 Å². The third-order valence-corrected chi connectivity index (χ3v) is 4.01. The van der Waals surface area contributed by atoms with Crippen molar-refractivity contribution in [2.45, 2.75) is 6.54 Å². The van der Waals surface area contributed by atoms with Gasteiger partial charge in [0, 0.05) is 23.4 Å². The van der Waals surface area contributed by atoms with Gasteiger partial charge in [-0.15, -0.1) is 0 Å². The highest BCUT2D eigenvalue weighted by Gasteiger charge is 2.11. The van der Waals surface area contributed by atoms with E-state index in [1.807, 2.05) is 0 Å². The zero-order chi connectivity index (χ0) is 20.1. The van der Waals surface area contributed by atoms with Gasteiger partial charge in [0.1, 0.15) is 12.4 Å². The van der Waals surface area contributed by atoms with E-state index in [4.69, 9.17) is 9.47 Å². The van der Waals surface area contributed by atoms with Crippen molar-refractivity contribution in [3.63, 3.8) is 0 Å². The van der Waals surface area contributed by atoms with Crippen LogP contribution in [-0.4, -0.2) is 29.7 Å². The quantitative estimate of drug-likeness (QED) is 0.708. The molecule has 0 aliphatic rings. The lowest BCUT2D eigenvalue weighted by molar-refractivity contribution is -0.116. The summed E-state index contributed by atoms with van der Waals surface area (Å²) in [7, 11) is 3.01. The molecule has 1 aromatic heterocycles. The van der Waals surface area contributed by atoms with Crippen LogP contribution in [0.4, 0.5) is 10.1 Å². The van der Waals surface area contributed by atoms with E-state index >= 15 is 0 Å². The lowest BCUT2D eigenvalue weighted by Gasteiger charge is -2.11. The Labute approximate surface area is 160 Å². The van der Waals surface area contributed by atoms with Crippen LogP contribution in [0.25, 0.3) is 11.3 Å². The van der Waals surface area contributed by atoms with Crippen LogP contribution in [0.15, 0.2) is 59.7 Å². The molecule has 0 unspecified atom stereocenters. The van der Waals surface area contributed by atoms with Gasteiger partial charge in [-0.25, -0.2) is 9.37 Å². The topological polar surface area (TPSA) is 82.5 Å². The van der Waals surface area contributed by atoms with E-state index < -0.39 is 17.3 Å². The van der Waals surface area contributed by atoms with E-state index in [0.29, 0.717) is 17.2 Å². The van der Waals surface area contributed by atoms with Gasteiger partial charge < -0.3 is 14.8 Å². The number of carbonyl (C=O) groups is 1. The summed E-state index contributed by atoms with van der Waals surface area (Å²) in [6.45, 7) is -0.238. The molecule has 2 aromatic carbocycles. The number of aromatic nitrogens is 2. The number of nitrogens with zero attached hydrogens (tertiary/aromatic N) is 2. The van der Waals surface area contributed by atoms with Crippen molar-refractivity contribution in [2.75, 3.05) is 19.5 Å². The highest BCUT2D eigenvalue weighted by molar-refractivity contribution is 5.90. The third-order valence-electron chi connectivity index (χ3n) is 4.01. The Hall–Kier alpha value is -3.68. The fourth-order valence-electron chi connectivity index (χ4n) is 2.63. The summed E-state index contributed by atoms with van der Waals surface area (Å²) in [5, 5.41) is 2.68. The standard InChI is InChI=1S/C20H18FN3O4/c1-27-17-8-7-13(9-18(17)28-2)23-19(25)11-24-12-22-16(10-20(24)26)14-5-3-4-6-15(14)21/h3-10,12H,11H2,1-2H3,(H,23,25). The van der Waals surface area contributed by atoms with Gasteiger partial charge in [-0.3, -0.25) is 14.2 Å². The fourth-order valence-corrected chi connectivity index (χ4v) is 2.63. The normalized spacial score (nSPS) is 10.4. The molecule has 7 nitrogen and oxygen atoms in total. The Morgan fingerprint density at radius 3 is 2.54 bits per heavy atom. The first-order valence-corrected chi connectivity index (χ1v) is 8.35. The predicted molar refractivity (Wildman–Crippen MR) is 102 cm³/mol. The Kier molecular flexibility index (Phi) is 5.69. The average molecular weight is 383 g/mol. The molecule has 0 aliphatic heterocycles. The molecule has 1 amide bonds. The minimum Gasteiger partial charge on any atom is -0.493 e. The van der Waals surface area contributed by atoms with Crippen LogP contribution < -0.4 is 20.3 Å². The summed E-state index contributed by atoms with van der Waals surface area (Å²) >= 11 is 0. The summed E-state index contributed by atoms with van der Waals surface area (Å²) in [6.07, 6.45) is 1.22. The van der Waals surface area contributed by atoms with Crippen molar-refractivity contribution in [1.82, 2.24) is 9.55 Å². The summed E-state index contributed by atoms with van der Waals surface area (Å²) in [5.74, 6) is 0.103. The molecule has 1 heterocycles. The molecule has 144 valence electrons. The van der Waals surface area contributed by atoms with Crippen LogP contribution in [0.2, 0.25) is 0 Å². The lowest BCUT2D eigenvalue weighted by Crippen LogP contribution is -2.27. The molecule has 3 aromatic rings. The second-order valence-corrected chi connectivity index (χ2v) is 5.84. The summed E-state index contributed by atoms with van der Waals surface area (Å²) in [4.78, 5) is 28.6. The largest absolute Gasteiger partial charge is 0.493 e. The van der Waals surface area contributed by atoms with Crippen molar-refractivity contribution >= 4 is 11.6 Å². The van der Waals surface area contributed by atoms with Gasteiger partial charge in [0.25, 0.3) is 5.56 Å². The van der Waals surface area contributed by atoms with E-state index in [-0.39, 0.29) is 17.8 Å². The van der Waals surface area contributed by atoms with Gasteiger partial charge in [0.05, 0.1) is 26.2 Å². The van der Waals surface area contributed by atoms with E-state index in [1.54, 1.807) is 30.3 Å². The van der Waals surface area contributed by atoms with Crippen LogP contribution in [-0.2, 0) is 11.3 Å². The average Bonchev–Trinajstić information content (AvgIpc) is 2.69. The lowest BCUT2D eigenvalue weighted by atomic mass is 10.1. The number of amides is 1. The number of ether oxygens (including phenoxy) is 2. The van der Waals surface area contributed by atoms with Gasteiger partial charge in [0.2, 0.25) is 5.91 Å². The molecule has 0 spiro atoms. The molecule has 0 atom stereocenters. The molecule has 0 aliphatic carbocycles. The van der Waals surface area contributed by atoms with Crippen LogP contribution in [0.3, 0.4) is 0 Å². The number of methoxy groups -OCH3 is 2. The van der Waals surface area contributed by atoms with Crippen LogP contribution in [0.1, 0.15) is 0 Å². The molecule has 0 radical (unpaired) electrons. The van der Waals surface area contributed by atoms with Crippen LogP contribution >= 0.6 is 0 Å². The van der Waals surface area contributed by atoms with Crippen molar-refractivity contribution in [3.8, 4) is 22.8 Å². The monoisotopic (exact) mass is 383 g/mol. The number of nitrogens with one attached hydrogen (secondary N) is 1. The molecule has 1 N–H and O–H groups in total. The summed E-state index contributed by atoms with van der Waals surface area (Å²) in [6, 6.07) is 12.2. The minimum atomic E-state index is -0.474. The van der Waals surface area contributed by atoms with Crippen molar-refractivity contribution < 1.29 is 18.7 Å². The highest BCUT2D eigenvalue weighted by atomic mass is 19.1. The second-order valence-electron chi connectivity index (χ2n) is 5.84. The predicted octanol–water partition coefficient (Wildman–Crippen LogP) is 2.71. The second kappa shape index (κ2) is 8.34. The van der Waals surface area contributed by atoms with E-state index in [1.165, 1.54) is 38.7 Å². The molecule has 0 saturated heterocycles. The van der Waals surface area contributed by atoms with E-state index in [9.17, 15) is 14.0 Å². The summed E-state index contributed by atoms with van der Waals surface area (Å²) < 4.78 is 25.3. The van der Waals surface area contributed by atoms with Gasteiger partial charge in [-0.05, 0) is 24.3 Å². The SMILES string of the molecule is COc1ccc(NC(=O)Cn2cnc(-c3ccccc3F)cc2=O)cc1OC. The number of hydrogen-bond donors (Lipinski definition) is 1. The van der Waals surface area contributed by atoms with E-state index in [0.717, 1.165) is 4.57 Å². The number of benzene rings is 2. The number of anilines is 1. The molecule has 8 heteroatoms. The fraction of sp³-hybridized carbons (Fsp3) is 0.150. The van der Waals surface area contributed by atoms with Gasteiger partial charge >= 0.3 is 0 Å². The number of rotatable bonds is 6. The molecule has 3 rings (SSSR count). The van der Waals surface area contributed by atoms with Gasteiger partial charge in [-0.1, -0.05) is 12.1 Å². The zero-order valence-electron chi connectivity index (χ0n) is 15.3. The smallest absolute Gasteiger partial charge is 0.254 e. The third kappa shape index (κ3) is 4.17. The molecular weight excluding hydrogens is 365 g/mol.